The molecule has 9 nitrogen and oxygen atoms in total. The summed E-state index contributed by atoms with van der Waals surface area (Å²) in [7, 11) is 1.74. The first-order valence-corrected chi connectivity index (χ1v) is 14.3. The van der Waals surface area contributed by atoms with Crippen molar-refractivity contribution in [1.82, 2.24) is 20.0 Å². The number of amides is 2. The number of rotatable bonds is 9. The summed E-state index contributed by atoms with van der Waals surface area (Å²) in [5.74, 6) is 1.27. The number of hydrogen-bond acceptors (Lipinski definition) is 6. The Morgan fingerprint density at radius 3 is 2.59 bits per heavy atom. The van der Waals surface area contributed by atoms with Crippen molar-refractivity contribution in [3.63, 3.8) is 0 Å². The molecule has 0 bridgehead atoms. The Bertz CT molecular complexity index is 1190. The standard InChI is InChI=1S/C28H38ClFN6O3/c1-35-27(31)25(28(38)33-21-4-5-23(30)22(29)15-21)26(34-35)20-13-18-11-17(12-19(18)14-20)16-32-24(37)3-2-6-36-7-9-39-10-8-36/h4-5,15,17-20H,2-3,6-14,16,31H2,1H3,(H,32,37)(H,33,38). The zero-order valence-corrected chi connectivity index (χ0v) is 23.2. The van der Waals surface area contributed by atoms with E-state index in [0.717, 1.165) is 77.2 Å². The number of nitrogen functional groups attached to an aromatic ring is 1. The molecule has 2 atom stereocenters. The zero-order chi connectivity index (χ0) is 27.5. The Hall–Kier alpha value is -2.69. The van der Waals surface area contributed by atoms with E-state index in [9.17, 15) is 14.0 Å². The SMILES string of the molecule is Cn1nc(C2CC3CC(CNC(=O)CCCN4CCOCC4)CC3C2)c(C(=O)Nc2ccc(F)c(Cl)c2)c1N. The number of aromatic nitrogens is 2. The third kappa shape index (κ3) is 6.56. The maximum atomic E-state index is 13.5. The number of hydrogen-bond donors (Lipinski definition) is 3. The van der Waals surface area contributed by atoms with E-state index in [-0.39, 0.29) is 22.8 Å². The molecule has 0 radical (unpaired) electrons. The molecular weight excluding hydrogens is 523 g/mol. The minimum absolute atomic E-state index is 0.0606. The number of carbonyl (C=O) groups excluding carboxylic acids is 2. The number of halogens is 2. The first-order chi connectivity index (χ1) is 18.8. The molecule has 1 saturated heterocycles. The molecule has 3 aliphatic rings. The van der Waals surface area contributed by atoms with E-state index in [1.807, 2.05) is 0 Å². The van der Waals surface area contributed by atoms with Gasteiger partial charge >= 0.3 is 0 Å². The number of aryl methyl sites for hydroxylation is 1. The largest absolute Gasteiger partial charge is 0.383 e. The van der Waals surface area contributed by atoms with E-state index in [2.05, 4.69) is 20.6 Å². The summed E-state index contributed by atoms with van der Waals surface area (Å²) in [5, 5.41) is 10.5. The van der Waals surface area contributed by atoms with Crippen LogP contribution in [-0.2, 0) is 16.6 Å². The molecule has 3 fully saturated rings. The number of nitrogens with two attached hydrogens (primary N) is 1. The molecule has 11 heteroatoms. The third-order valence-electron chi connectivity index (χ3n) is 8.59. The lowest BCUT2D eigenvalue weighted by Gasteiger charge is -2.26. The highest BCUT2D eigenvalue weighted by atomic mass is 35.5. The van der Waals surface area contributed by atoms with Gasteiger partial charge in [-0.3, -0.25) is 19.2 Å². The van der Waals surface area contributed by atoms with Crippen LogP contribution in [0.25, 0.3) is 0 Å². The number of morpholine rings is 1. The Morgan fingerprint density at radius 1 is 1.18 bits per heavy atom. The molecule has 1 aromatic heterocycles. The van der Waals surface area contributed by atoms with E-state index in [1.165, 1.54) is 18.2 Å². The van der Waals surface area contributed by atoms with E-state index in [1.54, 1.807) is 11.7 Å². The van der Waals surface area contributed by atoms with Crippen LogP contribution in [0.3, 0.4) is 0 Å². The van der Waals surface area contributed by atoms with Crippen LogP contribution in [0.1, 0.15) is 60.5 Å². The predicted octanol–water partition coefficient (Wildman–Crippen LogP) is 3.80. The first kappa shape index (κ1) is 27.9. The highest BCUT2D eigenvalue weighted by Crippen LogP contribution is 2.52. The second kappa shape index (κ2) is 12.2. The number of anilines is 2. The van der Waals surface area contributed by atoms with Crippen molar-refractivity contribution in [2.24, 2.45) is 24.8 Å². The fourth-order valence-corrected chi connectivity index (χ4v) is 6.79. The molecule has 5 rings (SSSR count). The second-order valence-electron chi connectivity index (χ2n) is 11.2. The number of nitrogens with zero attached hydrogens (tertiary/aromatic N) is 3. The highest BCUT2D eigenvalue weighted by molar-refractivity contribution is 6.31. The van der Waals surface area contributed by atoms with E-state index in [0.29, 0.717) is 41.2 Å². The number of fused-ring (bicyclic) bond motifs is 1. The summed E-state index contributed by atoms with van der Waals surface area (Å²) in [6.07, 6.45) is 5.50. The molecule has 2 heterocycles. The van der Waals surface area contributed by atoms with Gasteiger partial charge < -0.3 is 21.1 Å². The van der Waals surface area contributed by atoms with Crippen molar-refractivity contribution < 1.29 is 18.7 Å². The van der Waals surface area contributed by atoms with E-state index >= 15 is 0 Å². The summed E-state index contributed by atoms with van der Waals surface area (Å²) >= 11 is 5.87. The van der Waals surface area contributed by atoms with Gasteiger partial charge in [0.1, 0.15) is 17.2 Å². The Balaban J connectivity index is 1.11. The van der Waals surface area contributed by atoms with Crippen molar-refractivity contribution in [1.29, 1.82) is 0 Å². The van der Waals surface area contributed by atoms with Crippen molar-refractivity contribution in [3.05, 3.63) is 40.3 Å². The maximum Gasteiger partial charge on any atom is 0.261 e. The van der Waals surface area contributed by atoms with Gasteiger partial charge in [0.25, 0.3) is 5.91 Å². The molecule has 2 saturated carbocycles. The second-order valence-corrected chi connectivity index (χ2v) is 11.6. The van der Waals surface area contributed by atoms with Gasteiger partial charge in [0.2, 0.25) is 5.91 Å². The van der Waals surface area contributed by atoms with Gasteiger partial charge in [-0.15, -0.1) is 0 Å². The molecule has 2 unspecified atom stereocenters. The number of ether oxygens (including phenoxy) is 1. The average molecular weight is 561 g/mol. The van der Waals surface area contributed by atoms with E-state index in [4.69, 9.17) is 22.1 Å². The molecular formula is C28H38ClFN6O3. The summed E-state index contributed by atoms with van der Waals surface area (Å²) in [5.41, 5.74) is 7.77. The van der Waals surface area contributed by atoms with Crippen LogP contribution in [0.5, 0.6) is 0 Å². The van der Waals surface area contributed by atoms with Gasteiger partial charge in [-0.1, -0.05) is 11.6 Å². The Labute approximate surface area is 233 Å². The highest BCUT2D eigenvalue weighted by Gasteiger charge is 2.44. The van der Waals surface area contributed by atoms with Crippen LogP contribution in [0.4, 0.5) is 15.9 Å². The van der Waals surface area contributed by atoms with Crippen LogP contribution in [-0.4, -0.2) is 65.9 Å². The van der Waals surface area contributed by atoms with Gasteiger partial charge in [0, 0.05) is 44.7 Å². The predicted molar refractivity (Wildman–Crippen MR) is 148 cm³/mol. The van der Waals surface area contributed by atoms with Crippen LogP contribution in [0, 0.1) is 23.6 Å². The summed E-state index contributed by atoms with van der Waals surface area (Å²) in [6, 6.07) is 4.06. The third-order valence-corrected chi connectivity index (χ3v) is 8.88. The zero-order valence-electron chi connectivity index (χ0n) is 22.4. The number of carbonyl (C=O) groups is 2. The normalized spacial score (nSPS) is 25.0. The number of nitrogens with one attached hydrogen (secondary N) is 2. The summed E-state index contributed by atoms with van der Waals surface area (Å²) < 4.78 is 20.5. The van der Waals surface area contributed by atoms with Crippen LogP contribution in [0.2, 0.25) is 5.02 Å². The lowest BCUT2D eigenvalue weighted by atomic mass is 9.93. The fourth-order valence-electron chi connectivity index (χ4n) is 6.61. The van der Waals surface area contributed by atoms with Gasteiger partial charge in [-0.25, -0.2) is 4.39 Å². The van der Waals surface area contributed by atoms with Crippen molar-refractivity contribution in [3.8, 4) is 0 Å². The summed E-state index contributed by atoms with van der Waals surface area (Å²) in [4.78, 5) is 27.9. The maximum absolute atomic E-state index is 13.5. The van der Waals surface area contributed by atoms with E-state index < -0.39 is 5.82 Å². The van der Waals surface area contributed by atoms with Gasteiger partial charge in [0.15, 0.2) is 0 Å². The average Bonchev–Trinajstić information content (AvgIpc) is 3.57. The topological polar surface area (TPSA) is 115 Å². The van der Waals surface area contributed by atoms with Crippen molar-refractivity contribution in [2.45, 2.75) is 44.4 Å². The smallest absolute Gasteiger partial charge is 0.261 e. The molecule has 0 spiro atoms. The first-order valence-electron chi connectivity index (χ1n) is 13.9. The van der Waals surface area contributed by atoms with Crippen LogP contribution < -0.4 is 16.4 Å². The molecule has 2 amide bonds. The summed E-state index contributed by atoms with van der Waals surface area (Å²) in [6.45, 7) is 5.15. The molecule has 212 valence electrons. The molecule has 1 aromatic carbocycles. The van der Waals surface area contributed by atoms with Crippen LogP contribution in [0.15, 0.2) is 18.2 Å². The molecule has 1 aliphatic heterocycles. The number of benzene rings is 1. The van der Waals surface area contributed by atoms with Gasteiger partial charge in [-0.05, 0) is 74.6 Å². The minimum Gasteiger partial charge on any atom is -0.383 e. The van der Waals surface area contributed by atoms with Gasteiger partial charge in [-0.2, -0.15) is 5.10 Å². The lowest BCUT2D eigenvalue weighted by Crippen LogP contribution is -2.37. The molecule has 2 aromatic rings. The van der Waals surface area contributed by atoms with Crippen molar-refractivity contribution in [2.75, 3.05) is 50.4 Å². The molecule has 4 N–H and O–H groups in total. The minimum atomic E-state index is -0.546. The van der Waals surface area contributed by atoms with Crippen LogP contribution >= 0.6 is 11.6 Å². The Kier molecular flexibility index (Phi) is 8.73. The van der Waals surface area contributed by atoms with Crippen molar-refractivity contribution >= 4 is 34.9 Å². The molecule has 39 heavy (non-hydrogen) atoms. The Morgan fingerprint density at radius 2 is 1.90 bits per heavy atom. The monoisotopic (exact) mass is 560 g/mol. The fraction of sp³-hybridized carbons (Fsp3) is 0.607. The van der Waals surface area contributed by atoms with Gasteiger partial charge in [0.05, 0.1) is 23.9 Å². The quantitative estimate of drug-likeness (QED) is 0.430. The molecule has 2 aliphatic carbocycles. The lowest BCUT2D eigenvalue weighted by molar-refractivity contribution is -0.121.